The molecule has 0 saturated carbocycles. The number of anilines is 2. The number of nitrogens with two attached hydrogens (primary N) is 1. The Morgan fingerprint density at radius 3 is 2.47 bits per heavy atom. The van der Waals surface area contributed by atoms with Crippen LogP contribution in [0.1, 0.15) is 25.0 Å². The van der Waals surface area contributed by atoms with Gasteiger partial charge < -0.3 is 20.4 Å². The van der Waals surface area contributed by atoms with Crippen LogP contribution >= 0.6 is 12.3 Å². The number of benzene rings is 2. The van der Waals surface area contributed by atoms with Crippen LogP contribution in [0.15, 0.2) is 78.6 Å². The molecule has 1 aliphatic rings. The number of rotatable bonds is 9. The number of piperazine rings is 1. The number of likely N-dealkylation sites (N-methyl/N-ethyl adjacent to an activating group) is 2. The third-order valence-corrected chi connectivity index (χ3v) is 9.16. The van der Waals surface area contributed by atoms with Crippen LogP contribution in [0.25, 0.3) is 39.0 Å². The summed E-state index contributed by atoms with van der Waals surface area (Å²) in [5.41, 5.74) is 14.9. The monoisotopic (exact) mass is 625 g/mol. The zero-order valence-corrected chi connectivity index (χ0v) is 27.4. The summed E-state index contributed by atoms with van der Waals surface area (Å²) < 4.78 is 16.7. The van der Waals surface area contributed by atoms with E-state index in [1.807, 2.05) is 45.0 Å². The number of halogens is 1. The SMILES string of the molecule is C=CC(=O)N(CC)c1cccc(-c2c(-c3ccc(N4CCN(C)CC4)cc3)n(SF)c3ncc(/C(=C/N)C(C)=NC)c(C)c23)c1. The van der Waals surface area contributed by atoms with Gasteiger partial charge in [0.05, 0.1) is 5.69 Å². The van der Waals surface area contributed by atoms with Gasteiger partial charge in [0.25, 0.3) is 0 Å². The average molecular weight is 626 g/mol. The fourth-order valence-corrected chi connectivity index (χ4v) is 6.55. The largest absolute Gasteiger partial charge is 0.404 e. The van der Waals surface area contributed by atoms with E-state index in [2.05, 4.69) is 52.7 Å². The van der Waals surface area contributed by atoms with Crippen LogP contribution in [0.4, 0.5) is 15.3 Å². The molecule has 3 heterocycles. The molecular formula is C35H40FN7OS. The minimum Gasteiger partial charge on any atom is -0.404 e. The summed E-state index contributed by atoms with van der Waals surface area (Å²) >= 11 is 0.128. The minimum absolute atomic E-state index is 0.128. The highest BCUT2D eigenvalue weighted by atomic mass is 32.2. The van der Waals surface area contributed by atoms with Gasteiger partial charge in [0, 0.05) is 96.9 Å². The van der Waals surface area contributed by atoms with Crippen molar-refractivity contribution < 1.29 is 8.68 Å². The van der Waals surface area contributed by atoms with Crippen molar-refractivity contribution >= 4 is 51.9 Å². The molecule has 0 atom stereocenters. The number of carbonyl (C=O) groups excluding carboxylic acids is 1. The summed E-state index contributed by atoms with van der Waals surface area (Å²) in [7, 11) is 3.86. The first-order valence-corrected chi connectivity index (χ1v) is 15.7. The number of fused-ring (bicyclic) bond motifs is 1. The zero-order valence-electron chi connectivity index (χ0n) is 26.5. The Hall–Kier alpha value is -4.41. The first-order chi connectivity index (χ1) is 21.8. The van der Waals surface area contributed by atoms with E-state index in [0.717, 1.165) is 82.0 Å². The van der Waals surface area contributed by atoms with Crippen LogP contribution in [0.2, 0.25) is 0 Å². The molecule has 2 aromatic heterocycles. The third-order valence-electron chi connectivity index (χ3n) is 8.66. The molecule has 0 aliphatic carbocycles. The third kappa shape index (κ3) is 6.00. The highest BCUT2D eigenvalue weighted by Gasteiger charge is 2.26. The molecule has 4 aromatic rings. The summed E-state index contributed by atoms with van der Waals surface area (Å²) in [4.78, 5) is 28.3. The Bertz CT molecular complexity index is 1790. The Labute approximate surface area is 269 Å². The number of nitrogens with zero attached hydrogens (tertiary/aromatic N) is 6. The van der Waals surface area contributed by atoms with Gasteiger partial charge in [-0.2, -0.15) is 0 Å². The van der Waals surface area contributed by atoms with Crippen LogP contribution in [-0.2, 0) is 4.79 Å². The molecule has 0 spiro atoms. The van der Waals surface area contributed by atoms with E-state index in [1.54, 1.807) is 22.1 Å². The molecule has 5 rings (SSSR count). The van der Waals surface area contributed by atoms with Crippen molar-refractivity contribution in [2.75, 3.05) is 56.6 Å². The van der Waals surface area contributed by atoms with E-state index in [9.17, 15) is 4.79 Å². The van der Waals surface area contributed by atoms with E-state index in [1.165, 1.54) is 12.3 Å². The van der Waals surface area contributed by atoms with Gasteiger partial charge in [0.2, 0.25) is 5.91 Å². The van der Waals surface area contributed by atoms with Crippen LogP contribution in [0.3, 0.4) is 0 Å². The van der Waals surface area contributed by atoms with E-state index >= 15 is 3.89 Å². The molecule has 0 radical (unpaired) electrons. The molecule has 45 heavy (non-hydrogen) atoms. The smallest absolute Gasteiger partial charge is 0.250 e. The number of aromatic nitrogens is 2. The summed E-state index contributed by atoms with van der Waals surface area (Å²) in [5.74, 6) is -0.191. The molecule has 1 amide bonds. The Morgan fingerprint density at radius 2 is 1.87 bits per heavy atom. The lowest BCUT2D eigenvalue weighted by Gasteiger charge is -2.34. The van der Waals surface area contributed by atoms with Crippen LogP contribution in [0, 0.1) is 6.92 Å². The molecule has 0 unspecified atom stereocenters. The highest BCUT2D eigenvalue weighted by molar-refractivity contribution is 7.93. The molecule has 1 fully saturated rings. The van der Waals surface area contributed by atoms with Gasteiger partial charge in [0.15, 0.2) is 18.0 Å². The lowest BCUT2D eigenvalue weighted by Crippen LogP contribution is -2.44. The van der Waals surface area contributed by atoms with Crippen molar-refractivity contribution in [2.24, 2.45) is 10.7 Å². The van der Waals surface area contributed by atoms with E-state index in [4.69, 9.17) is 10.7 Å². The number of pyridine rings is 1. The Kier molecular flexibility index (Phi) is 9.74. The summed E-state index contributed by atoms with van der Waals surface area (Å²) in [5, 5.41) is 0.800. The lowest BCUT2D eigenvalue weighted by atomic mass is 9.92. The van der Waals surface area contributed by atoms with Crippen LogP contribution in [0.5, 0.6) is 0 Å². The topological polar surface area (TPSA) is 83.0 Å². The Morgan fingerprint density at radius 1 is 1.16 bits per heavy atom. The number of allylic oxidation sites excluding steroid dienone is 1. The second-order valence-electron chi connectivity index (χ2n) is 11.1. The molecular weight excluding hydrogens is 585 g/mol. The van der Waals surface area contributed by atoms with Crippen LogP contribution < -0.4 is 15.5 Å². The number of aryl methyl sites for hydroxylation is 1. The van der Waals surface area contributed by atoms with E-state index in [-0.39, 0.29) is 18.2 Å². The number of carbonyl (C=O) groups is 1. The van der Waals surface area contributed by atoms with Gasteiger partial charge in [-0.05, 0) is 69.3 Å². The average Bonchev–Trinajstić information content (AvgIpc) is 3.41. The molecule has 1 aliphatic heterocycles. The van der Waals surface area contributed by atoms with Crippen molar-refractivity contribution in [2.45, 2.75) is 20.8 Å². The number of hydrogen-bond acceptors (Lipinski definition) is 7. The number of aliphatic imine (C=N–C) groups is 1. The van der Waals surface area contributed by atoms with Crippen molar-refractivity contribution in [3.05, 3.63) is 84.7 Å². The predicted octanol–water partition coefficient (Wildman–Crippen LogP) is 6.74. The van der Waals surface area contributed by atoms with Gasteiger partial charge in [0.1, 0.15) is 0 Å². The van der Waals surface area contributed by atoms with E-state index < -0.39 is 0 Å². The molecule has 1 saturated heterocycles. The van der Waals surface area contributed by atoms with Crippen molar-refractivity contribution in [3.8, 4) is 22.4 Å². The normalized spacial score (nSPS) is 14.7. The highest BCUT2D eigenvalue weighted by Crippen LogP contribution is 2.46. The van der Waals surface area contributed by atoms with Crippen molar-refractivity contribution in [1.29, 1.82) is 0 Å². The van der Waals surface area contributed by atoms with Gasteiger partial charge in [-0.15, -0.1) is 3.89 Å². The standard InChI is InChI=1S/C35H40FN7OS/c1-7-31(44)42(8-2)28-11-9-10-26(20-28)33-32-23(3)30(29(21-37)24(4)38-5)22-39-35(32)43(45-36)34(33)25-12-14-27(15-13-25)41-18-16-40(6)17-19-41/h7,9-15,20-22H,1,8,16-19,37H2,2-6H3/b29-21+,38-24?. The molecule has 10 heteroatoms. The lowest BCUT2D eigenvalue weighted by molar-refractivity contribution is -0.114. The molecule has 8 nitrogen and oxygen atoms in total. The molecule has 234 valence electrons. The second kappa shape index (κ2) is 13.7. The minimum atomic E-state index is -0.191. The fraction of sp³-hybridized carbons (Fsp3) is 0.286. The van der Waals surface area contributed by atoms with Crippen molar-refractivity contribution in [3.63, 3.8) is 0 Å². The summed E-state index contributed by atoms with van der Waals surface area (Å²) in [6.45, 7) is 13.9. The van der Waals surface area contributed by atoms with Gasteiger partial charge >= 0.3 is 0 Å². The molecule has 2 N–H and O–H groups in total. The maximum atomic E-state index is 15.1. The number of hydrogen-bond donors (Lipinski definition) is 1. The first kappa shape index (κ1) is 32.0. The van der Waals surface area contributed by atoms with Gasteiger partial charge in [-0.1, -0.05) is 30.8 Å². The predicted molar refractivity (Wildman–Crippen MR) is 189 cm³/mol. The number of amides is 1. The molecule has 0 bridgehead atoms. The first-order valence-electron chi connectivity index (χ1n) is 15.0. The quantitative estimate of drug-likeness (QED) is 0.164. The maximum Gasteiger partial charge on any atom is 0.250 e. The zero-order chi connectivity index (χ0) is 32.2. The summed E-state index contributed by atoms with van der Waals surface area (Å²) in [6, 6.07) is 16.1. The maximum absolute atomic E-state index is 15.1. The van der Waals surface area contributed by atoms with Gasteiger partial charge in [-0.25, -0.2) is 8.96 Å². The fourth-order valence-electron chi connectivity index (χ4n) is 6.08. The van der Waals surface area contributed by atoms with Crippen molar-refractivity contribution in [1.82, 2.24) is 13.9 Å². The van der Waals surface area contributed by atoms with Gasteiger partial charge in [-0.3, -0.25) is 9.79 Å². The Balaban J connectivity index is 1.79. The summed E-state index contributed by atoms with van der Waals surface area (Å²) in [6.07, 6.45) is 4.59. The van der Waals surface area contributed by atoms with Crippen LogP contribution in [-0.4, -0.2) is 72.3 Å². The molecule has 2 aromatic carbocycles. The second-order valence-corrected chi connectivity index (χ2v) is 11.6. The van der Waals surface area contributed by atoms with E-state index in [0.29, 0.717) is 17.9 Å².